The molecule has 1 aliphatic rings. The first-order valence-corrected chi connectivity index (χ1v) is 22.3. The summed E-state index contributed by atoms with van der Waals surface area (Å²) in [5, 5.41) is 19.9. The number of nitriles is 1. The smallest absolute Gasteiger partial charge is 0.252 e. The molecule has 0 unspecified atom stereocenters. The Morgan fingerprint density at radius 1 is 0.866 bits per heavy atom. The lowest BCUT2D eigenvalue weighted by Gasteiger charge is -2.32. The number of carbonyl (C=O) groups is 6. The zero-order chi connectivity index (χ0) is 48.8. The molecule has 4 atom stereocenters. The molecule has 0 fully saturated rings. The predicted molar refractivity (Wildman–Crippen MR) is 253 cm³/mol. The van der Waals surface area contributed by atoms with Crippen LogP contribution in [0.1, 0.15) is 72.3 Å². The van der Waals surface area contributed by atoms with E-state index in [1.54, 1.807) is 49.4 Å². The van der Waals surface area contributed by atoms with Crippen molar-refractivity contribution in [2.75, 3.05) is 39.9 Å². The van der Waals surface area contributed by atoms with Crippen LogP contribution >= 0.6 is 0 Å². The third-order valence-electron chi connectivity index (χ3n) is 11.2. The van der Waals surface area contributed by atoms with Crippen molar-refractivity contribution in [3.8, 4) is 39.8 Å². The van der Waals surface area contributed by atoms with Gasteiger partial charge in [-0.1, -0.05) is 62.4 Å². The highest BCUT2D eigenvalue weighted by Gasteiger charge is 2.36. The molecular formula is C50H61N9O8. The van der Waals surface area contributed by atoms with Crippen LogP contribution in [-0.2, 0) is 36.8 Å². The van der Waals surface area contributed by atoms with E-state index in [4.69, 9.17) is 26.7 Å². The molecule has 354 valence electrons. The first-order valence-electron chi connectivity index (χ1n) is 22.3. The number of carbonyl (C=O) groups excluding carboxylic acids is 6. The summed E-state index contributed by atoms with van der Waals surface area (Å²) in [4.78, 5) is 83.9. The average Bonchev–Trinajstić information content (AvgIpc) is 3.30. The number of rotatable bonds is 18. The molecule has 17 nitrogen and oxygen atoms in total. The van der Waals surface area contributed by atoms with Crippen LogP contribution in [0.15, 0.2) is 78.9 Å². The Morgan fingerprint density at radius 3 is 2.12 bits per heavy atom. The van der Waals surface area contributed by atoms with Gasteiger partial charge in [0.1, 0.15) is 55.4 Å². The van der Waals surface area contributed by atoms with Crippen LogP contribution in [-0.4, -0.2) is 98.4 Å². The normalized spacial score (nSPS) is 16.3. The summed E-state index contributed by atoms with van der Waals surface area (Å²) in [7, 11) is 1.38. The predicted octanol–water partition coefficient (Wildman–Crippen LogP) is 2.95. The maximum absolute atomic E-state index is 14.8. The molecule has 5 rings (SSSR count). The van der Waals surface area contributed by atoms with Crippen molar-refractivity contribution in [3.05, 3.63) is 107 Å². The van der Waals surface area contributed by atoms with E-state index in [9.17, 15) is 34.0 Å². The van der Waals surface area contributed by atoms with E-state index in [0.717, 1.165) is 22.4 Å². The standard InChI is InChI=1S/C50H61N9O8/c1-29(2)24-32-6-9-34(10-7-32)35-11-13-37(30(3)25-35)47(62)57-40(14-17-44(54)60)50(65)59(5)45-36-12-16-43(67-23-20-53)39(28-36)38-26-33(8-15-42(38)66-22-19-52)27-41(48(63)55-21-18-51)58-46(61)31(4)56-49(45)64/h6-13,15-16,25-26,28-29,31,40-41,45H,14,17,19-24,27,52-53H2,1-5H3,(H2,54,60)(H,55,63)(H,56,64)(H,57,62)(H,58,61)/t31-,40-,41-,45-/m0/s1. The summed E-state index contributed by atoms with van der Waals surface area (Å²) in [6.45, 7) is 7.83. The largest absolute Gasteiger partial charge is 0.492 e. The van der Waals surface area contributed by atoms with Gasteiger partial charge in [-0.05, 0) is 96.3 Å². The van der Waals surface area contributed by atoms with E-state index in [1.165, 1.54) is 19.5 Å². The molecule has 1 heterocycles. The number of ether oxygens (including phenoxy) is 2. The lowest BCUT2D eigenvalue weighted by atomic mass is 9.93. The second-order valence-corrected chi connectivity index (χ2v) is 16.9. The Morgan fingerprint density at radius 2 is 1.51 bits per heavy atom. The zero-order valence-electron chi connectivity index (χ0n) is 38.6. The minimum atomic E-state index is -1.46. The molecular weight excluding hydrogens is 855 g/mol. The van der Waals surface area contributed by atoms with Crippen LogP contribution in [0.4, 0.5) is 0 Å². The van der Waals surface area contributed by atoms with Gasteiger partial charge in [-0.2, -0.15) is 5.26 Å². The monoisotopic (exact) mass is 915 g/mol. The number of nitrogens with one attached hydrogen (secondary N) is 4. The Bertz CT molecular complexity index is 2490. The molecule has 0 aromatic heterocycles. The SMILES string of the molecule is Cc1cc(-c2ccc(CC(C)C)cc2)ccc1C(=O)N[C@@H](CCC(N)=O)C(=O)N(C)[C@@H]1C(=O)N[C@@H](C)C(=O)N[C@H](C(=O)NCC#N)Cc2ccc(OCCN)c(c2)-c2cc1ccc2OCCN. The average molecular weight is 916 g/mol. The summed E-state index contributed by atoms with van der Waals surface area (Å²) < 4.78 is 12.2. The Labute approximate surface area is 391 Å². The van der Waals surface area contributed by atoms with Gasteiger partial charge in [-0.15, -0.1) is 0 Å². The molecule has 0 saturated heterocycles. The third kappa shape index (κ3) is 13.4. The molecule has 0 spiro atoms. The van der Waals surface area contributed by atoms with Crippen molar-refractivity contribution in [2.24, 2.45) is 23.1 Å². The number of hydrogen-bond donors (Lipinski definition) is 7. The maximum Gasteiger partial charge on any atom is 0.252 e. The van der Waals surface area contributed by atoms with Crippen molar-refractivity contribution in [1.29, 1.82) is 5.26 Å². The summed E-state index contributed by atoms with van der Waals surface area (Å²) in [5.41, 5.74) is 23.0. The van der Waals surface area contributed by atoms with Crippen molar-refractivity contribution in [2.45, 2.75) is 77.5 Å². The number of fused-ring (bicyclic) bond motifs is 5. The van der Waals surface area contributed by atoms with E-state index in [0.29, 0.717) is 45.2 Å². The van der Waals surface area contributed by atoms with Crippen LogP contribution in [0.3, 0.4) is 0 Å². The van der Waals surface area contributed by atoms with E-state index >= 15 is 0 Å². The molecule has 67 heavy (non-hydrogen) atoms. The Hall–Kier alpha value is -7.29. The van der Waals surface area contributed by atoms with Crippen molar-refractivity contribution >= 4 is 35.4 Å². The molecule has 0 aliphatic carbocycles. The number of aryl methyl sites for hydroxylation is 1. The molecule has 17 heteroatoms. The molecule has 1 aliphatic heterocycles. The lowest BCUT2D eigenvalue weighted by molar-refractivity contribution is -0.141. The highest BCUT2D eigenvalue weighted by molar-refractivity contribution is 6.00. The third-order valence-corrected chi connectivity index (χ3v) is 11.2. The first kappa shape index (κ1) is 50.7. The van der Waals surface area contributed by atoms with Crippen molar-refractivity contribution in [3.63, 3.8) is 0 Å². The zero-order valence-corrected chi connectivity index (χ0v) is 38.6. The molecule has 6 amide bonds. The van der Waals surface area contributed by atoms with Gasteiger partial charge in [0.15, 0.2) is 0 Å². The summed E-state index contributed by atoms with van der Waals surface area (Å²) in [5.74, 6) is -2.94. The second kappa shape index (κ2) is 23.8. The number of benzene rings is 4. The summed E-state index contributed by atoms with van der Waals surface area (Å²) >= 11 is 0. The molecule has 4 aromatic rings. The van der Waals surface area contributed by atoms with Gasteiger partial charge in [0.05, 0.1) is 6.07 Å². The second-order valence-electron chi connectivity index (χ2n) is 16.9. The van der Waals surface area contributed by atoms with Crippen LogP contribution in [0.25, 0.3) is 22.3 Å². The number of amides is 6. The number of likely N-dealkylation sites (N-methyl/N-ethyl adjacent to an activating group) is 1. The molecule has 4 aromatic carbocycles. The number of nitrogens with zero attached hydrogens (tertiary/aromatic N) is 2. The van der Waals surface area contributed by atoms with Crippen molar-refractivity contribution < 1.29 is 38.2 Å². The molecule has 0 radical (unpaired) electrons. The number of nitrogens with two attached hydrogens (primary N) is 3. The van der Waals surface area contributed by atoms with Gasteiger partial charge >= 0.3 is 0 Å². The van der Waals surface area contributed by atoms with E-state index in [1.807, 2.05) is 30.3 Å². The van der Waals surface area contributed by atoms with E-state index in [-0.39, 0.29) is 57.7 Å². The molecule has 10 N–H and O–H groups in total. The topological polar surface area (TPSA) is 274 Å². The van der Waals surface area contributed by atoms with Gasteiger partial charge < -0.3 is 52.8 Å². The number of hydrogen-bond acceptors (Lipinski definition) is 11. The lowest BCUT2D eigenvalue weighted by Crippen LogP contribution is -2.56. The first-order chi connectivity index (χ1) is 32.0. The Balaban J connectivity index is 1.57. The molecule has 0 saturated carbocycles. The van der Waals surface area contributed by atoms with E-state index < -0.39 is 59.6 Å². The summed E-state index contributed by atoms with van der Waals surface area (Å²) in [6.07, 6.45) is 0.473. The fourth-order valence-corrected chi connectivity index (χ4v) is 7.89. The van der Waals surface area contributed by atoms with Crippen LogP contribution in [0, 0.1) is 24.2 Å². The van der Waals surface area contributed by atoms with Gasteiger partial charge in [0.2, 0.25) is 29.5 Å². The minimum absolute atomic E-state index is 0.0131. The Kier molecular flexibility index (Phi) is 18.0. The maximum atomic E-state index is 14.8. The summed E-state index contributed by atoms with van der Waals surface area (Å²) in [6, 6.07) is 20.3. The van der Waals surface area contributed by atoms with E-state index in [2.05, 4.69) is 47.2 Å². The van der Waals surface area contributed by atoms with Crippen LogP contribution in [0.5, 0.6) is 11.5 Å². The van der Waals surface area contributed by atoms with Gasteiger partial charge in [0.25, 0.3) is 5.91 Å². The highest BCUT2D eigenvalue weighted by atomic mass is 16.5. The fourth-order valence-electron chi connectivity index (χ4n) is 7.89. The number of primary amides is 1. The van der Waals surface area contributed by atoms with Crippen LogP contribution in [0.2, 0.25) is 0 Å². The van der Waals surface area contributed by atoms with Gasteiger partial charge in [0, 0.05) is 49.7 Å². The highest BCUT2D eigenvalue weighted by Crippen LogP contribution is 2.40. The minimum Gasteiger partial charge on any atom is -0.492 e. The quantitative estimate of drug-likeness (QED) is 0.0713. The van der Waals surface area contributed by atoms with Crippen molar-refractivity contribution in [1.82, 2.24) is 26.2 Å². The van der Waals surface area contributed by atoms with Crippen LogP contribution < -0.4 is 47.9 Å². The fraction of sp³-hybridized carbons (Fsp3) is 0.380. The van der Waals surface area contributed by atoms with Gasteiger partial charge in [-0.3, -0.25) is 28.8 Å². The van der Waals surface area contributed by atoms with Gasteiger partial charge in [-0.25, -0.2) is 0 Å². The molecule has 4 bridgehead atoms.